The molecule has 0 heterocycles. The van der Waals surface area contributed by atoms with Gasteiger partial charge in [0.05, 0.1) is 32.0 Å². The lowest BCUT2D eigenvalue weighted by Crippen LogP contribution is -2.10. The molecule has 0 aliphatic carbocycles. The number of benzene rings is 3. The van der Waals surface area contributed by atoms with Crippen LogP contribution in [0.4, 0.5) is 0 Å². The fourth-order valence-corrected chi connectivity index (χ4v) is 2.70. The van der Waals surface area contributed by atoms with Gasteiger partial charge in [0, 0.05) is 6.07 Å². The molecule has 0 saturated heterocycles. The molecule has 0 spiro atoms. The Morgan fingerprint density at radius 1 is 0.645 bits per heavy atom. The highest BCUT2D eigenvalue weighted by atomic mass is 16.6. The quantitative estimate of drug-likeness (QED) is 0.389. The molecule has 0 aliphatic heterocycles. The van der Waals surface area contributed by atoms with Gasteiger partial charge in [0.25, 0.3) is 0 Å². The summed E-state index contributed by atoms with van der Waals surface area (Å²) in [5, 5.41) is 0. The zero-order valence-corrected chi connectivity index (χ0v) is 17.4. The summed E-state index contributed by atoms with van der Waals surface area (Å²) in [6, 6.07) is 17.7. The van der Waals surface area contributed by atoms with E-state index in [1.807, 2.05) is 6.92 Å². The third-order valence-corrected chi connectivity index (χ3v) is 4.28. The van der Waals surface area contributed by atoms with Crippen LogP contribution in [0.3, 0.4) is 0 Å². The van der Waals surface area contributed by atoms with Crippen molar-refractivity contribution in [2.75, 3.05) is 20.8 Å². The first-order valence-electron chi connectivity index (χ1n) is 9.53. The van der Waals surface area contributed by atoms with Gasteiger partial charge >= 0.3 is 11.9 Å². The van der Waals surface area contributed by atoms with E-state index in [9.17, 15) is 9.59 Å². The van der Waals surface area contributed by atoms with Crippen LogP contribution in [0.25, 0.3) is 0 Å². The van der Waals surface area contributed by atoms with Gasteiger partial charge in [0.2, 0.25) is 0 Å². The van der Waals surface area contributed by atoms with Gasteiger partial charge in [0.1, 0.15) is 17.2 Å². The number of methoxy groups -OCH3 is 2. The first-order chi connectivity index (χ1) is 15.0. The molecular weight excluding hydrogens is 400 g/mol. The average Bonchev–Trinajstić information content (AvgIpc) is 2.80. The minimum absolute atomic E-state index is 0.198. The summed E-state index contributed by atoms with van der Waals surface area (Å²) in [5.74, 6) is 0.910. The van der Waals surface area contributed by atoms with E-state index < -0.39 is 11.9 Å². The van der Waals surface area contributed by atoms with E-state index in [0.717, 1.165) is 0 Å². The van der Waals surface area contributed by atoms with Crippen LogP contribution in [-0.4, -0.2) is 32.8 Å². The Morgan fingerprint density at radius 2 is 1.19 bits per heavy atom. The van der Waals surface area contributed by atoms with Crippen molar-refractivity contribution >= 4 is 11.9 Å². The number of rotatable bonds is 8. The van der Waals surface area contributed by atoms with Gasteiger partial charge < -0.3 is 23.7 Å². The van der Waals surface area contributed by atoms with Crippen LogP contribution < -0.4 is 23.7 Å². The van der Waals surface area contributed by atoms with Gasteiger partial charge in [-0.25, -0.2) is 9.59 Å². The van der Waals surface area contributed by atoms with Gasteiger partial charge in [0.15, 0.2) is 11.5 Å². The predicted octanol–water partition coefficient (Wildman–Crippen LogP) is 4.54. The van der Waals surface area contributed by atoms with Crippen LogP contribution in [0.1, 0.15) is 27.6 Å². The number of carbonyl (C=O) groups excluding carboxylic acids is 2. The summed E-state index contributed by atoms with van der Waals surface area (Å²) < 4.78 is 26.5. The molecule has 3 rings (SSSR count). The minimum atomic E-state index is -0.555. The molecule has 0 N–H and O–H groups in total. The molecule has 0 atom stereocenters. The summed E-state index contributed by atoms with van der Waals surface area (Å²) in [5.41, 5.74) is 0.728. The van der Waals surface area contributed by atoms with E-state index in [2.05, 4.69) is 0 Å². The van der Waals surface area contributed by atoms with Crippen molar-refractivity contribution in [1.29, 1.82) is 0 Å². The molecular formula is C24H22O7. The zero-order chi connectivity index (χ0) is 22.2. The molecule has 7 nitrogen and oxygen atoms in total. The number of carbonyl (C=O) groups is 2. The first-order valence-corrected chi connectivity index (χ1v) is 9.53. The van der Waals surface area contributed by atoms with Crippen molar-refractivity contribution in [3.05, 3.63) is 77.9 Å². The predicted molar refractivity (Wildman–Crippen MR) is 114 cm³/mol. The molecule has 0 saturated carbocycles. The molecule has 0 aliphatic rings. The number of esters is 2. The fourth-order valence-electron chi connectivity index (χ4n) is 2.70. The van der Waals surface area contributed by atoms with Crippen LogP contribution in [-0.2, 0) is 0 Å². The van der Waals surface area contributed by atoms with E-state index in [0.29, 0.717) is 29.2 Å². The molecule has 160 valence electrons. The Hall–Kier alpha value is -4.00. The molecule has 3 aromatic carbocycles. The summed E-state index contributed by atoms with van der Waals surface area (Å²) in [4.78, 5) is 24.8. The minimum Gasteiger partial charge on any atom is -0.497 e. The summed E-state index contributed by atoms with van der Waals surface area (Å²) in [6.07, 6.45) is 0. The highest BCUT2D eigenvalue weighted by molar-refractivity contribution is 5.92. The second-order valence-corrected chi connectivity index (χ2v) is 6.28. The van der Waals surface area contributed by atoms with Crippen LogP contribution in [0.5, 0.6) is 28.7 Å². The Labute approximate surface area is 180 Å². The van der Waals surface area contributed by atoms with E-state index in [4.69, 9.17) is 23.7 Å². The van der Waals surface area contributed by atoms with Crippen molar-refractivity contribution in [2.24, 2.45) is 0 Å². The zero-order valence-electron chi connectivity index (χ0n) is 17.4. The van der Waals surface area contributed by atoms with Crippen molar-refractivity contribution in [3.8, 4) is 28.7 Å². The van der Waals surface area contributed by atoms with Gasteiger partial charge in [-0.1, -0.05) is 0 Å². The van der Waals surface area contributed by atoms with E-state index in [-0.39, 0.29) is 17.2 Å². The molecule has 0 fully saturated rings. The van der Waals surface area contributed by atoms with E-state index in [1.54, 1.807) is 55.6 Å². The molecule has 3 aromatic rings. The molecule has 0 aromatic heterocycles. The molecule has 0 bridgehead atoms. The van der Waals surface area contributed by atoms with Gasteiger partial charge in [-0.2, -0.15) is 0 Å². The first kappa shape index (κ1) is 21.7. The van der Waals surface area contributed by atoms with Crippen molar-refractivity contribution in [3.63, 3.8) is 0 Å². The second-order valence-electron chi connectivity index (χ2n) is 6.28. The van der Waals surface area contributed by atoms with Gasteiger partial charge in [-0.3, -0.25) is 0 Å². The number of hydrogen-bond donors (Lipinski definition) is 0. The van der Waals surface area contributed by atoms with Crippen molar-refractivity contribution in [1.82, 2.24) is 0 Å². The monoisotopic (exact) mass is 422 g/mol. The normalized spacial score (nSPS) is 10.2. The molecule has 7 heteroatoms. The number of hydrogen-bond acceptors (Lipinski definition) is 7. The highest BCUT2D eigenvalue weighted by Gasteiger charge is 2.15. The van der Waals surface area contributed by atoms with Crippen LogP contribution in [0, 0.1) is 0 Å². The lowest BCUT2D eigenvalue weighted by molar-refractivity contribution is 0.0715. The van der Waals surface area contributed by atoms with E-state index in [1.165, 1.54) is 25.3 Å². The van der Waals surface area contributed by atoms with Crippen LogP contribution in [0.2, 0.25) is 0 Å². The highest BCUT2D eigenvalue weighted by Crippen LogP contribution is 2.32. The second kappa shape index (κ2) is 10.2. The Bertz CT molecular complexity index is 1040. The van der Waals surface area contributed by atoms with Gasteiger partial charge in [-0.15, -0.1) is 0 Å². The lowest BCUT2D eigenvalue weighted by atomic mass is 10.2. The lowest BCUT2D eigenvalue weighted by Gasteiger charge is -2.12. The molecule has 0 radical (unpaired) electrons. The maximum absolute atomic E-state index is 12.4. The Kier molecular flexibility index (Phi) is 7.11. The Balaban J connectivity index is 1.70. The maximum atomic E-state index is 12.4. The number of ether oxygens (including phenoxy) is 5. The standard InChI is InChI=1S/C24H22O7/c1-4-29-19-11-7-16(8-12-19)23(25)30-20-13-14-21(22(15-20)28-3)31-24(26)17-5-9-18(27-2)10-6-17/h5-15H,4H2,1-3H3. The van der Waals surface area contributed by atoms with Gasteiger partial charge in [-0.05, 0) is 67.6 Å². The SMILES string of the molecule is CCOc1ccc(C(=O)Oc2ccc(OC(=O)c3ccc(OC)cc3)c(OC)c2)cc1. The molecule has 0 amide bonds. The summed E-state index contributed by atoms with van der Waals surface area (Å²) in [6.45, 7) is 2.42. The third kappa shape index (κ3) is 5.54. The Morgan fingerprint density at radius 3 is 1.74 bits per heavy atom. The summed E-state index contributed by atoms with van der Waals surface area (Å²) in [7, 11) is 2.97. The topological polar surface area (TPSA) is 80.3 Å². The van der Waals surface area contributed by atoms with Crippen LogP contribution in [0.15, 0.2) is 66.7 Å². The molecule has 31 heavy (non-hydrogen) atoms. The largest absolute Gasteiger partial charge is 0.497 e. The summed E-state index contributed by atoms with van der Waals surface area (Å²) >= 11 is 0. The van der Waals surface area contributed by atoms with Crippen molar-refractivity contribution in [2.45, 2.75) is 6.92 Å². The smallest absolute Gasteiger partial charge is 0.343 e. The molecule has 0 unspecified atom stereocenters. The third-order valence-electron chi connectivity index (χ3n) is 4.28. The van der Waals surface area contributed by atoms with E-state index >= 15 is 0 Å². The average molecular weight is 422 g/mol. The van der Waals surface area contributed by atoms with Crippen molar-refractivity contribution < 1.29 is 33.3 Å². The maximum Gasteiger partial charge on any atom is 0.343 e. The fraction of sp³-hybridized carbons (Fsp3) is 0.167. The van der Waals surface area contributed by atoms with Crippen LogP contribution >= 0.6 is 0 Å².